The molecule has 0 aromatic carbocycles. The Hall–Kier alpha value is -2.28. The summed E-state index contributed by atoms with van der Waals surface area (Å²) in [5.41, 5.74) is 2.72. The highest BCUT2D eigenvalue weighted by atomic mass is 19.1. The van der Waals surface area contributed by atoms with Crippen molar-refractivity contribution in [3.8, 4) is 11.4 Å². The number of nitrogens with zero attached hydrogens (tertiary/aromatic N) is 4. The highest BCUT2D eigenvalue weighted by Gasteiger charge is 2.30. The molecule has 0 bridgehead atoms. The van der Waals surface area contributed by atoms with Crippen LogP contribution in [0.1, 0.15) is 63.5 Å². The Bertz CT molecular complexity index is 1050. The van der Waals surface area contributed by atoms with Crippen LogP contribution in [0.3, 0.4) is 0 Å². The summed E-state index contributed by atoms with van der Waals surface area (Å²) in [6.07, 6.45) is 10.6. The lowest BCUT2D eigenvalue weighted by atomic mass is 9.92. The molecule has 166 valence electrons. The summed E-state index contributed by atoms with van der Waals surface area (Å²) in [4.78, 5) is 20.0. The number of H-pyrrole nitrogens is 1. The highest BCUT2D eigenvalue weighted by molar-refractivity contribution is 5.62. The van der Waals surface area contributed by atoms with Crippen molar-refractivity contribution in [3.63, 3.8) is 0 Å². The lowest BCUT2D eigenvalue weighted by molar-refractivity contribution is 0.211. The van der Waals surface area contributed by atoms with Crippen LogP contribution in [0.25, 0.3) is 23.0 Å². The summed E-state index contributed by atoms with van der Waals surface area (Å²) in [7, 11) is 2.21. The number of likely N-dealkylation sites (tertiary alicyclic amines) is 1. The monoisotopic (exact) mass is 424 g/mol. The van der Waals surface area contributed by atoms with E-state index < -0.39 is 6.17 Å². The Morgan fingerprint density at radius 2 is 2.00 bits per heavy atom. The largest absolute Gasteiger partial charge is 0.354 e. The topological polar surface area (TPSA) is 69.7 Å². The molecular weight excluding hydrogens is 391 g/mol. The van der Waals surface area contributed by atoms with Gasteiger partial charge < -0.3 is 15.2 Å². The number of hydrogen-bond donors (Lipinski definition) is 2. The van der Waals surface area contributed by atoms with Crippen molar-refractivity contribution in [2.24, 2.45) is 5.92 Å². The molecule has 1 atom stereocenters. The predicted octanol–water partition coefficient (Wildman–Crippen LogP) is 2.97. The van der Waals surface area contributed by atoms with E-state index in [1.807, 2.05) is 19.2 Å². The predicted molar refractivity (Wildman–Crippen MR) is 122 cm³/mol. The van der Waals surface area contributed by atoms with E-state index in [1.54, 1.807) is 0 Å². The number of rotatable bonds is 7. The number of aromatic nitrogens is 4. The first-order chi connectivity index (χ1) is 15.1. The molecule has 1 saturated heterocycles. The van der Waals surface area contributed by atoms with Gasteiger partial charge in [-0.05, 0) is 77.1 Å². The fourth-order valence-electron chi connectivity index (χ4n) is 4.78. The van der Waals surface area contributed by atoms with Gasteiger partial charge in [-0.3, -0.25) is 0 Å². The van der Waals surface area contributed by atoms with Gasteiger partial charge in [-0.15, -0.1) is 0 Å². The molecule has 2 fully saturated rings. The summed E-state index contributed by atoms with van der Waals surface area (Å²) < 4.78 is 14.1. The fourth-order valence-corrected chi connectivity index (χ4v) is 4.78. The first kappa shape index (κ1) is 20.6. The molecule has 1 saturated carbocycles. The van der Waals surface area contributed by atoms with E-state index in [-0.39, 0.29) is 0 Å². The van der Waals surface area contributed by atoms with Gasteiger partial charge in [-0.2, -0.15) is 0 Å². The van der Waals surface area contributed by atoms with Crippen molar-refractivity contribution in [1.82, 2.24) is 24.8 Å². The van der Waals surface area contributed by atoms with Crippen molar-refractivity contribution >= 4 is 17.6 Å². The molecule has 1 aliphatic heterocycles. The smallest absolute Gasteiger partial charge is 0.222 e. The molecule has 2 N–H and O–H groups in total. The molecule has 3 heterocycles. The number of aromatic amines is 1. The Morgan fingerprint density at radius 1 is 1.19 bits per heavy atom. The number of fused-ring (bicyclic) bond motifs is 1. The first-order valence-electron chi connectivity index (χ1n) is 11.8. The molecule has 1 unspecified atom stereocenters. The van der Waals surface area contributed by atoms with Gasteiger partial charge in [0.25, 0.3) is 0 Å². The lowest BCUT2D eigenvalue weighted by Crippen LogP contribution is -2.32. The van der Waals surface area contributed by atoms with Crippen molar-refractivity contribution < 1.29 is 4.39 Å². The third kappa shape index (κ3) is 4.52. The third-order valence-corrected chi connectivity index (χ3v) is 7.05. The van der Waals surface area contributed by atoms with Crippen molar-refractivity contribution in [3.05, 3.63) is 22.6 Å². The summed E-state index contributed by atoms with van der Waals surface area (Å²) in [6, 6.07) is 0. The summed E-state index contributed by atoms with van der Waals surface area (Å²) >= 11 is 0. The van der Waals surface area contributed by atoms with Crippen LogP contribution in [-0.4, -0.2) is 57.7 Å². The van der Waals surface area contributed by atoms with Crippen LogP contribution in [0.4, 0.5) is 10.3 Å². The van der Waals surface area contributed by atoms with Gasteiger partial charge in [-0.25, -0.2) is 19.3 Å². The van der Waals surface area contributed by atoms with Crippen molar-refractivity contribution in [2.45, 2.75) is 64.0 Å². The van der Waals surface area contributed by atoms with Gasteiger partial charge in [0.15, 0.2) is 0 Å². The molecule has 0 radical (unpaired) electrons. The Kier molecular flexibility index (Phi) is 5.78. The van der Waals surface area contributed by atoms with E-state index in [2.05, 4.69) is 27.2 Å². The molecule has 3 aliphatic rings. The second kappa shape index (κ2) is 8.69. The van der Waals surface area contributed by atoms with Crippen LogP contribution in [-0.2, 0) is 0 Å². The van der Waals surface area contributed by atoms with Crippen LogP contribution in [0.2, 0.25) is 0 Å². The van der Waals surface area contributed by atoms with E-state index in [9.17, 15) is 4.39 Å². The SMILES string of the molecule is CC1=c2nc(-c3cnc(NCCCC4CCN(C)CC4)nc3C3CC3)[nH]c2=CCC1F. The molecule has 6 nitrogen and oxygen atoms in total. The van der Waals surface area contributed by atoms with E-state index >= 15 is 0 Å². The molecule has 2 aromatic heterocycles. The van der Waals surface area contributed by atoms with Gasteiger partial charge in [0.1, 0.15) is 12.0 Å². The quantitative estimate of drug-likeness (QED) is 0.669. The van der Waals surface area contributed by atoms with E-state index in [4.69, 9.17) is 9.97 Å². The number of imidazole rings is 1. The maximum Gasteiger partial charge on any atom is 0.222 e. The number of alkyl halides is 1. The molecule has 7 heteroatoms. The van der Waals surface area contributed by atoms with E-state index in [0.717, 1.165) is 59.5 Å². The second-order valence-electron chi connectivity index (χ2n) is 9.52. The molecule has 31 heavy (non-hydrogen) atoms. The minimum absolute atomic E-state index is 0.410. The summed E-state index contributed by atoms with van der Waals surface area (Å²) in [5, 5.41) is 5.09. The number of hydrogen-bond acceptors (Lipinski definition) is 5. The van der Waals surface area contributed by atoms with Gasteiger partial charge in [0.2, 0.25) is 5.95 Å². The van der Waals surface area contributed by atoms with Crippen LogP contribution in [0.15, 0.2) is 6.20 Å². The van der Waals surface area contributed by atoms with Gasteiger partial charge >= 0.3 is 0 Å². The standard InChI is InChI=1S/C24H33FN6/c1-15-19(25)7-8-20-21(15)29-23(28-20)18-14-27-24(30-22(18)17-5-6-17)26-11-3-4-16-9-12-31(2)13-10-16/h8,14,16-17,19H,3-7,9-13H2,1-2H3,(H,28,29)(H,26,27,30). The van der Waals surface area contributed by atoms with E-state index in [0.29, 0.717) is 23.9 Å². The zero-order valence-corrected chi connectivity index (χ0v) is 18.6. The maximum absolute atomic E-state index is 14.1. The summed E-state index contributed by atoms with van der Waals surface area (Å²) in [5.74, 6) is 2.80. The molecule has 2 aliphatic carbocycles. The van der Waals surface area contributed by atoms with Crippen molar-refractivity contribution in [2.75, 3.05) is 32.0 Å². The third-order valence-electron chi connectivity index (χ3n) is 7.05. The second-order valence-corrected chi connectivity index (χ2v) is 9.52. The lowest BCUT2D eigenvalue weighted by Gasteiger charge is -2.28. The molecule has 0 amide bonds. The van der Waals surface area contributed by atoms with Crippen LogP contribution in [0, 0.1) is 5.92 Å². The molecule has 2 aromatic rings. The number of piperidine rings is 1. The Balaban J connectivity index is 1.28. The molecule has 0 spiro atoms. The minimum Gasteiger partial charge on any atom is -0.354 e. The Labute approximate surface area is 183 Å². The summed E-state index contributed by atoms with van der Waals surface area (Å²) in [6.45, 7) is 5.19. The highest BCUT2D eigenvalue weighted by Crippen LogP contribution is 2.42. The number of anilines is 1. The number of halogens is 1. The first-order valence-corrected chi connectivity index (χ1v) is 11.8. The average Bonchev–Trinajstić information content (AvgIpc) is 3.54. The van der Waals surface area contributed by atoms with Crippen LogP contribution < -0.4 is 16.0 Å². The van der Waals surface area contributed by atoms with Gasteiger partial charge in [0.05, 0.1) is 22.0 Å². The van der Waals surface area contributed by atoms with Crippen molar-refractivity contribution in [1.29, 1.82) is 0 Å². The normalized spacial score (nSPS) is 22.3. The number of nitrogens with one attached hydrogen (secondary N) is 2. The van der Waals surface area contributed by atoms with Gasteiger partial charge in [-0.1, -0.05) is 6.08 Å². The minimum atomic E-state index is -0.941. The van der Waals surface area contributed by atoms with Crippen LogP contribution in [0.5, 0.6) is 0 Å². The molecule has 5 rings (SSSR count). The van der Waals surface area contributed by atoms with Crippen LogP contribution >= 0.6 is 0 Å². The fraction of sp³-hybridized carbons (Fsp3) is 0.625. The average molecular weight is 425 g/mol. The van der Waals surface area contributed by atoms with Gasteiger partial charge in [0, 0.05) is 25.1 Å². The zero-order chi connectivity index (χ0) is 21.4. The Morgan fingerprint density at radius 3 is 2.77 bits per heavy atom. The zero-order valence-electron chi connectivity index (χ0n) is 18.6. The maximum atomic E-state index is 14.1. The molecular formula is C24H33FN6. The van der Waals surface area contributed by atoms with E-state index in [1.165, 1.54) is 32.4 Å².